The van der Waals surface area contributed by atoms with Crippen LogP contribution >= 0.6 is 0 Å². The maximum atomic E-state index is 11.1. The van der Waals surface area contributed by atoms with Crippen molar-refractivity contribution in [3.63, 3.8) is 0 Å². The molecule has 0 atom stereocenters. The number of hydrogen-bond donors (Lipinski definition) is 2. The van der Waals surface area contributed by atoms with Crippen molar-refractivity contribution in [2.75, 3.05) is 26.8 Å². The van der Waals surface area contributed by atoms with Crippen molar-refractivity contribution in [3.8, 4) is 11.5 Å². The molecule has 1 fully saturated rings. The Morgan fingerprint density at radius 1 is 1.32 bits per heavy atom. The van der Waals surface area contributed by atoms with E-state index in [4.69, 9.17) is 9.47 Å². The summed E-state index contributed by atoms with van der Waals surface area (Å²) in [5, 5.41) is 5.60. The number of ether oxygens (including phenoxy) is 2. The Morgan fingerprint density at radius 2 is 1.95 bits per heavy atom. The van der Waals surface area contributed by atoms with E-state index in [1.807, 2.05) is 25.1 Å². The summed E-state index contributed by atoms with van der Waals surface area (Å²) in [6.07, 6.45) is 2.70. The molecular formula is C17H26N2O3. The largest absolute Gasteiger partial charge is 0.493 e. The van der Waals surface area contributed by atoms with Gasteiger partial charge in [0.25, 0.3) is 0 Å². The molecule has 1 aliphatic heterocycles. The number of nitrogens with one attached hydrogen (secondary N) is 2. The van der Waals surface area contributed by atoms with Crippen LogP contribution in [0, 0.1) is 0 Å². The van der Waals surface area contributed by atoms with E-state index in [1.165, 1.54) is 0 Å². The monoisotopic (exact) mass is 306 g/mol. The Labute approximate surface area is 132 Å². The SMILES string of the molecule is C=CC.CCCOc1cc(C2CNC(=O)NC2)ccc1OC. The number of methoxy groups -OCH3 is 1. The lowest BCUT2D eigenvalue weighted by Crippen LogP contribution is -2.47. The van der Waals surface area contributed by atoms with Crippen molar-refractivity contribution in [1.29, 1.82) is 0 Å². The fourth-order valence-corrected chi connectivity index (χ4v) is 2.07. The molecule has 1 saturated heterocycles. The van der Waals surface area contributed by atoms with E-state index >= 15 is 0 Å². The smallest absolute Gasteiger partial charge is 0.314 e. The fraction of sp³-hybridized carbons (Fsp3) is 0.471. The minimum atomic E-state index is -0.104. The maximum Gasteiger partial charge on any atom is 0.314 e. The Kier molecular flexibility index (Phi) is 7.89. The summed E-state index contributed by atoms with van der Waals surface area (Å²) in [4.78, 5) is 11.1. The lowest BCUT2D eigenvalue weighted by molar-refractivity contribution is 0.234. The van der Waals surface area contributed by atoms with Gasteiger partial charge in [0.15, 0.2) is 11.5 Å². The third-order valence-corrected chi connectivity index (χ3v) is 3.14. The van der Waals surface area contributed by atoms with E-state index in [0.29, 0.717) is 19.7 Å². The van der Waals surface area contributed by atoms with Crippen LogP contribution in [0.25, 0.3) is 0 Å². The van der Waals surface area contributed by atoms with E-state index in [2.05, 4.69) is 24.1 Å². The minimum absolute atomic E-state index is 0.104. The molecule has 22 heavy (non-hydrogen) atoms. The molecule has 5 heteroatoms. The second-order valence-corrected chi connectivity index (χ2v) is 4.95. The van der Waals surface area contributed by atoms with E-state index in [-0.39, 0.29) is 11.9 Å². The van der Waals surface area contributed by atoms with Crippen molar-refractivity contribution < 1.29 is 14.3 Å². The molecule has 1 aromatic carbocycles. The third kappa shape index (κ3) is 5.31. The molecule has 0 aromatic heterocycles. The molecule has 0 bridgehead atoms. The number of hydrogen-bond acceptors (Lipinski definition) is 3. The lowest BCUT2D eigenvalue weighted by atomic mass is 9.97. The average molecular weight is 306 g/mol. The van der Waals surface area contributed by atoms with Gasteiger partial charge in [-0.2, -0.15) is 0 Å². The van der Waals surface area contributed by atoms with Crippen LogP contribution in [0.5, 0.6) is 11.5 Å². The fourth-order valence-electron chi connectivity index (χ4n) is 2.07. The van der Waals surface area contributed by atoms with Gasteiger partial charge < -0.3 is 20.1 Å². The molecule has 2 amide bonds. The average Bonchev–Trinajstić information content (AvgIpc) is 2.54. The number of amides is 2. The number of rotatable bonds is 5. The van der Waals surface area contributed by atoms with Crippen molar-refractivity contribution >= 4 is 6.03 Å². The summed E-state index contributed by atoms with van der Waals surface area (Å²) in [6.45, 7) is 9.27. The van der Waals surface area contributed by atoms with E-state index in [9.17, 15) is 4.79 Å². The van der Waals surface area contributed by atoms with Gasteiger partial charge in [-0.25, -0.2) is 4.79 Å². The van der Waals surface area contributed by atoms with E-state index < -0.39 is 0 Å². The van der Waals surface area contributed by atoms with Crippen LogP contribution in [0.3, 0.4) is 0 Å². The summed E-state index contributed by atoms with van der Waals surface area (Å²) in [5.41, 5.74) is 1.14. The number of urea groups is 1. The van der Waals surface area contributed by atoms with Crippen LogP contribution < -0.4 is 20.1 Å². The van der Waals surface area contributed by atoms with Gasteiger partial charge in [-0.15, -0.1) is 6.58 Å². The van der Waals surface area contributed by atoms with Crippen molar-refractivity contribution in [3.05, 3.63) is 36.4 Å². The first kappa shape index (κ1) is 17.9. The summed E-state index contributed by atoms with van der Waals surface area (Å²) in [7, 11) is 1.64. The van der Waals surface area contributed by atoms with Crippen LogP contribution in [-0.4, -0.2) is 32.8 Å². The minimum Gasteiger partial charge on any atom is -0.493 e. The molecule has 0 unspecified atom stereocenters. The quantitative estimate of drug-likeness (QED) is 0.822. The highest BCUT2D eigenvalue weighted by atomic mass is 16.5. The second-order valence-electron chi connectivity index (χ2n) is 4.95. The van der Waals surface area contributed by atoms with Crippen LogP contribution in [0.4, 0.5) is 4.79 Å². The highest BCUT2D eigenvalue weighted by Gasteiger charge is 2.20. The van der Waals surface area contributed by atoms with Gasteiger partial charge in [0.1, 0.15) is 0 Å². The Bertz CT molecular complexity index is 479. The Morgan fingerprint density at radius 3 is 2.50 bits per heavy atom. The normalized spacial score (nSPS) is 14.0. The van der Waals surface area contributed by atoms with E-state index in [0.717, 1.165) is 23.5 Å². The number of carbonyl (C=O) groups excluding carboxylic acids is 1. The first-order chi connectivity index (χ1) is 10.7. The predicted octanol–water partition coefficient (Wildman–Crippen LogP) is 3.07. The molecule has 122 valence electrons. The number of allylic oxidation sites excluding steroid dienone is 1. The standard InChI is InChI=1S/C14H20N2O3.C3H6/c1-3-6-19-13-7-10(4-5-12(13)18-2)11-8-15-14(17)16-9-11;1-3-2/h4-5,7,11H,3,6,8-9H2,1-2H3,(H2,15,16,17);3H,1H2,2H3. The molecule has 0 saturated carbocycles. The van der Waals surface area contributed by atoms with Gasteiger partial charge in [-0.05, 0) is 31.0 Å². The lowest BCUT2D eigenvalue weighted by Gasteiger charge is -2.24. The molecule has 1 heterocycles. The van der Waals surface area contributed by atoms with E-state index in [1.54, 1.807) is 13.2 Å². The molecule has 5 nitrogen and oxygen atoms in total. The summed E-state index contributed by atoms with van der Waals surface area (Å²) in [5.74, 6) is 1.76. The molecule has 1 aromatic rings. The van der Waals surface area contributed by atoms with Crippen molar-refractivity contribution in [2.45, 2.75) is 26.2 Å². The van der Waals surface area contributed by atoms with Crippen LogP contribution in [0.15, 0.2) is 30.9 Å². The molecule has 2 rings (SSSR count). The Hall–Kier alpha value is -2.17. The maximum absolute atomic E-state index is 11.1. The van der Waals surface area contributed by atoms with Gasteiger partial charge in [-0.3, -0.25) is 0 Å². The third-order valence-electron chi connectivity index (χ3n) is 3.14. The van der Waals surface area contributed by atoms with Gasteiger partial charge >= 0.3 is 6.03 Å². The number of carbonyl (C=O) groups is 1. The molecule has 1 aliphatic rings. The van der Waals surface area contributed by atoms with Gasteiger partial charge in [0.2, 0.25) is 0 Å². The second kappa shape index (κ2) is 9.71. The summed E-state index contributed by atoms with van der Waals surface area (Å²) < 4.78 is 11.0. The zero-order valence-corrected chi connectivity index (χ0v) is 13.6. The van der Waals surface area contributed by atoms with Crippen molar-refractivity contribution in [2.24, 2.45) is 0 Å². The predicted molar refractivity (Wildman–Crippen MR) is 88.8 cm³/mol. The summed E-state index contributed by atoms with van der Waals surface area (Å²) in [6, 6.07) is 5.82. The zero-order valence-electron chi connectivity index (χ0n) is 13.6. The first-order valence-corrected chi connectivity index (χ1v) is 7.55. The van der Waals surface area contributed by atoms with Gasteiger partial charge in [0.05, 0.1) is 13.7 Å². The molecule has 2 N–H and O–H groups in total. The van der Waals surface area contributed by atoms with Crippen LogP contribution in [0.2, 0.25) is 0 Å². The zero-order chi connectivity index (χ0) is 16.4. The summed E-state index contributed by atoms with van der Waals surface area (Å²) >= 11 is 0. The molecule has 0 aliphatic carbocycles. The molecule has 0 spiro atoms. The van der Waals surface area contributed by atoms with Crippen molar-refractivity contribution in [1.82, 2.24) is 10.6 Å². The highest BCUT2D eigenvalue weighted by Crippen LogP contribution is 2.31. The molecular weight excluding hydrogens is 280 g/mol. The molecule has 0 radical (unpaired) electrons. The number of benzene rings is 1. The first-order valence-electron chi connectivity index (χ1n) is 7.55. The van der Waals surface area contributed by atoms with Gasteiger partial charge in [0, 0.05) is 19.0 Å². The topological polar surface area (TPSA) is 59.6 Å². The Balaban J connectivity index is 0.000000745. The highest BCUT2D eigenvalue weighted by molar-refractivity contribution is 5.75. The van der Waals surface area contributed by atoms with Crippen LogP contribution in [-0.2, 0) is 0 Å². The van der Waals surface area contributed by atoms with Crippen LogP contribution in [0.1, 0.15) is 31.7 Å². The van der Waals surface area contributed by atoms with Gasteiger partial charge in [-0.1, -0.05) is 19.1 Å².